The molecule has 2 atom stereocenters. The molecule has 2 aromatic rings. The molecule has 0 saturated heterocycles. The van der Waals surface area contributed by atoms with E-state index in [9.17, 15) is 18.3 Å². The van der Waals surface area contributed by atoms with E-state index in [4.69, 9.17) is 5.11 Å². The second-order valence-electron chi connectivity index (χ2n) is 9.19. The number of carboxylic acid groups (broad SMARTS) is 1. The van der Waals surface area contributed by atoms with Gasteiger partial charge in [0.25, 0.3) is 0 Å². The fourth-order valence-corrected chi connectivity index (χ4v) is 6.18. The molecular weight excluding hydrogens is 450 g/mol. The third-order valence-corrected chi connectivity index (χ3v) is 7.99. The summed E-state index contributed by atoms with van der Waals surface area (Å²) in [7, 11) is -3.49. The van der Waals surface area contributed by atoms with Crippen LogP contribution < -0.4 is 4.72 Å². The molecule has 0 amide bonds. The first kappa shape index (κ1) is 26.4. The molecular formula is C27H37NO5S. The number of aliphatic hydroxyl groups excluding tert-OH is 1. The van der Waals surface area contributed by atoms with Gasteiger partial charge in [-0.15, -0.1) is 0 Å². The molecule has 186 valence electrons. The minimum absolute atomic E-state index is 0.0253. The molecule has 2 aromatic carbocycles. The third-order valence-electron chi connectivity index (χ3n) is 6.57. The molecule has 0 aliphatic heterocycles. The molecule has 7 heteroatoms. The van der Waals surface area contributed by atoms with E-state index in [0.717, 1.165) is 59.9 Å². The van der Waals surface area contributed by atoms with E-state index < -0.39 is 22.1 Å². The number of hydrogen-bond acceptors (Lipinski definition) is 4. The maximum atomic E-state index is 12.9. The Bertz CT molecular complexity index is 1050. The maximum absolute atomic E-state index is 12.9. The van der Waals surface area contributed by atoms with Crippen LogP contribution in [0.3, 0.4) is 0 Å². The summed E-state index contributed by atoms with van der Waals surface area (Å²) in [5, 5.41) is 19.6. The van der Waals surface area contributed by atoms with Gasteiger partial charge in [-0.2, -0.15) is 0 Å². The molecule has 2 aliphatic rings. The molecule has 0 spiro atoms. The van der Waals surface area contributed by atoms with Crippen LogP contribution in [0.4, 0.5) is 0 Å². The second kappa shape index (κ2) is 12.5. The lowest BCUT2D eigenvalue weighted by molar-refractivity contribution is -0.137. The summed E-state index contributed by atoms with van der Waals surface area (Å²) in [6, 6.07) is 14.0. The van der Waals surface area contributed by atoms with Crippen molar-refractivity contribution in [2.75, 3.05) is 12.3 Å². The van der Waals surface area contributed by atoms with E-state index in [0.29, 0.717) is 25.8 Å². The van der Waals surface area contributed by atoms with Crippen molar-refractivity contribution in [3.8, 4) is 11.1 Å². The number of benzene rings is 2. The standard InChI is InChI=1S/C27H37NO5S/c1-2-3-7-14-24(29)27-22-17-16-21(20-12-8-6-9-13-20)26(27)23(22)19-34(32,33)28-18-11-5-4-10-15-25(30)31/h6,8-9,12-13,16-17,23-24,28-29H,2-5,7,10-11,14-15,18-19H2,1H3,(H,30,31). The van der Waals surface area contributed by atoms with Crippen molar-refractivity contribution in [2.45, 2.75) is 76.7 Å². The molecule has 2 unspecified atom stereocenters. The predicted molar refractivity (Wildman–Crippen MR) is 135 cm³/mol. The van der Waals surface area contributed by atoms with Crippen LogP contribution in [0.25, 0.3) is 11.1 Å². The first-order valence-electron chi connectivity index (χ1n) is 12.4. The van der Waals surface area contributed by atoms with Gasteiger partial charge in [0.1, 0.15) is 0 Å². The Morgan fingerprint density at radius 1 is 1.00 bits per heavy atom. The van der Waals surface area contributed by atoms with E-state index in [-0.39, 0.29) is 18.1 Å². The van der Waals surface area contributed by atoms with Gasteiger partial charge in [0.15, 0.2) is 0 Å². The van der Waals surface area contributed by atoms with Gasteiger partial charge < -0.3 is 10.2 Å². The quantitative estimate of drug-likeness (QED) is 0.276. The largest absolute Gasteiger partial charge is 0.481 e. The van der Waals surface area contributed by atoms with Gasteiger partial charge in [0, 0.05) is 18.9 Å². The van der Waals surface area contributed by atoms with E-state index >= 15 is 0 Å². The minimum Gasteiger partial charge on any atom is -0.481 e. The van der Waals surface area contributed by atoms with Crippen LogP contribution in [0, 0.1) is 0 Å². The summed E-state index contributed by atoms with van der Waals surface area (Å²) < 4.78 is 28.4. The highest BCUT2D eigenvalue weighted by atomic mass is 32.2. The SMILES string of the molecule is CCCCCC(O)c1c2ccc(-c3ccccc3)c1C2CS(=O)(=O)NCCCCCCC(=O)O. The van der Waals surface area contributed by atoms with Crippen LogP contribution in [-0.4, -0.2) is 36.9 Å². The summed E-state index contributed by atoms with van der Waals surface area (Å²) in [5.74, 6) is -1.05. The van der Waals surface area contributed by atoms with Gasteiger partial charge in [-0.1, -0.05) is 81.5 Å². The van der Waals surface area contributed by atoms with Gasteiger partial charge in [0.2, 0.25) is 10.0 Å². The molecule has 6 nitrogen and oxygen atoms in total. The number of hydrogen-bond donors (Lipinski definition) is 3. The maximum Gasteiger partial charge on any atom is 0.303 e. The second-order valence-corrected chi connectivity index (χ2v) is 11.0. The van der Waals surface area contributed by atoms with E-state index in [1.807, 2.05) is 42.5 Å². The van der Waals surface area contributed by atoms with Crippen molar-refractivity contribution < 1.29 is 23.4 Å². The Balaban J connectivity index is 1.67. The van der Waals surface area contributed by atoms with Crippen molar-refractivity contribution in [3.63, 3.8) is 0 Å². The molecule has 0 heterocycles. The van der Waals surface area contributed by atoms with Crippen LogP contribution in [0.15, 0.2) is 42.5 Å². The lowest BCUT2D eigenvalue weighted by Gasteiger charge is -2.38. The molecule has 0 radical (unpaired) electrons. The number of carbonyl (C=O) groups is 1. The van der Waals surface area contributed by atoms with E-state index in [1.54, 1.807) is 0 Å². The summed E-state index contributed by atoms with van der Waals surface area (Å²) in [5.41, 5.74) is 4.85. The lowest BCUT2D eigenvalue weighted by Crippen LogP contribution is -2.35. The van der Waals surface area contributed by atoms with Crippen LogP contribution in [-0.2, 0) is 14.8 Å². The smallest absolute Gasteiger partial charge is 0.303 e. The molecule has 3 N–H and O–H groups in total. The van der Waals surface area contributed by atoms with Gasteiger partial charge >= 0.3 is 5.97 Å². The summed E-state index contributed by atoms with van der Waals surface area (Å²) in [6.07, 6.45) is 6.25. The van der Waals surface area contributed by atoms with Crippen LogP contribution >= 0.6 is 0 Å². The van der Waals surface area contributed by atoms with Gasteiger partial charge in [-0.05, 0) is 47.1 Å². The van der Waals surface area contributed by atoms with Crippen LogP contribution in [0.1, 0.15) is 93.4 Å². The summed E-state index contributed by atoms with van der Waals surface area (Å²) >= 11 is 0. The predicted octanol–water partition coefficient (Wildman–Crippen LogP) is 5.37. The van der Waals surface area contributed by atoms with Gasteiger partial charge in [-0.3, -0.25) is 4.79 Å². The van der Waals surface area contributed by atoms with E-state index in [1.165, 1.54) is 0 Å². The Morgan fingerprint density at radius 2 is 1.74 bits per heavy atom. The average Bonchev–Trinajstić information content (AvgIpc) is 2.82. The van der Waals surface area contributed by atoms with Crippen LogP contribution in [0.2, 0.25) is 0 Å². The van der Waals surface area contributed by atoms with Crippen molar-refractivity contribution in [2.24, 2.45) is 0 Å². The number of sulfonamides is 1. The first-order valence-corrected chi connectivity index (χ1v) is 14.1. The number of fused-ring (bicyclic) bond motifs is 2. The number of aliphatic carboxylic acids is 1. The molecule has 4 rings (SSSR count). The zero-order valence-electron chi connectivity index (χ0n) is 20.0. The Morgan fingerprint density at radius 3 is 2.44 bits per heavy atom. The molecule has 34 heavy (non-hydrogen) atoms. The molecule has 2 aliphatic carbocycles. The highest BCUT2D eigenvalue weighted by Gasteiger charge is 2.39. The zero-order valence-corrected chi connectivity index (χ0v) is 20.8. The van der Waals surface area contributed by atoms with Crippen molar-refractivity contribution in [1.29, 1.82) is 0 Å². The van der Waals surface area contributed by atoms with Crippen molar-refractivity contribution >= 4 is 16.0 Å². The average molecular weight is 488 g/mol. The highest BCUT2D eigenvalue weighted by molar-refractivity contribution is 7.89. The monoisotopic (exact) mass is 487 g/mol. The fourth-order valence-electron chi connectivity index (χ4n) is 4.82. The fraction of sp³-hybridized carbons (Fsp3) is 0.519. The Kier molecular flexibility index (Phi) is 9.68. The van der Waals surface area contributed by atoms with Crippen LogP contribution in [0.5, 0.6) is 0 Å². The number of aliphatic hydroxyl groups is 1. The number of carboxylic acids is 1. The Hall–Kier alpha value is -2.22. The number of rotatable bonds is 16. The van der Waals surface area contributed by atoms with E-state index in [2.05, 4.69) is 11.6 Å². The topological polar surface area (TPSA) is 104 Å². The van der Waals surface area contributed by atoms with Crippen molar-refractivity contribution in [1.82, 2.24) is 4.72 Å². The van der Waals surface area contributed by atoms with Gasteiger partial charge in [0.05, 0.1) is 11.9 Å². The highest BCUT2D eigenvalue weighted by Crippen LogP contribution is 2.51. The zero-order chi connectivity index (χ0) is 24.6. The molecule has 0 saturated carbocycles. The van der Waals surface area contributed by atoms with Crippen molar-refractivity contribution in [3.05, 3.63) is 59.2 Å². The number of nitrogens with one attached hydrogen (secondary N) is 1. The number of unbranched alkanes of at least 4 members (excludes halogenated alkanes) is 5. The molecule has 2 bridgehead atoms. The molecule has 0 fully saturated rings. The first-order chi connectivity index (χ1) is 16.3. The lowest BCUT2D eigenvalue weighted by atomic mass is 9.69. The third kappa shape index (κ3) is 6.90. The normalized spacial score (nSPS) is 15.6. The van der Waals surface area contributed by atoms with Gasteiger partial charge in [-0.25, -0.2) is 13.1 Å². The summed E-state index contributed by atoms with van der Waals surface area (Å²) in [4.78, 5) is 10.6. The summed E-state index contributed by atoms with van der Waals surface area (Å²) in [6.45, 7) is 2.49. The molecule has 0 aromatic heterocycles. The minimum atomic E-state index is -3.49. The Labute approximate surface area is 203 Å².